The molecule has 0 aliphatic heterocycles. The van der Waals surface area contributed by atoms with Gasteiger partial charge < -0.3 is 5.11 Å². The lowest BCUT2D eigenvalue weighted by Gasteiger charge is -2.05. The molecule has 0 aromatic heterocycles. The van der Waals surface area contributed by atoms with Gasteiger partial charge in [0.25, 0.3) is 20.2 Å². The van der Waals surface area contributed by atoms with Gasteiger partial charge in [-0.2, -0.15) is 16.8 Å². The first-order valence-electron chi connectivity index (χ1n) is 3.85. The third kappa shape index (κ3) is 2.77. The van der Waals surface area contributed by atoms with Gasteiger partial charge in [-0.15, -0.1) is 0 Å². The predicted molar refractivity (Wildman–Crippen MR) is 52.0 cm³/mol. The second-order valence-electron chi connectivity index (χ2n) is 2.88. The Hall–Kier alpha value is -1.00. The lowest BCUT2D eigenvalue weighted by Crippen LogP contribution is -2.06. The number of benzene rings is 1. The van der Waals surface area contributed by atoms with Crippen molar-refractivity contribution in [1.29, 1.82) is 0 Å². The van der Waals surface area contributed by atoms with Crippen LogP contribution >= 0.6 is 0 Å². The number of rotatable bonds is 3. The van der Waals surface area contributed by atoms with E-state index in [2.05, 4.69) is 0 Å². The summed E-state index contributed by atoms with van der Waals surface area (Å²) in [5.74, 6) is 0. The van der Waals surface area contributed by atoms with Gasteiger partial charge >= 0.3 is 0 Å². The maximum Gasteiger partial charge on any atom is 0.294 e. The summed E-state index contributed by atoms with van der Waals surface area (Å²) in [5.41, 5.74) is -0.171. The summed E-state index contributed by atoms with van der Waals surface area (Å²) in [7, 11) is -9.23. The van der Waals surface area contributed by atoms with Gasteiger partial charge in [-0.05, 0) is 17.7 Å². The predicted octanol–water partition coefficient (Wildman–Crippen LogP) is -0.328. The van der Waals surface area contributed by atoms with E-state index in [1.165, 1.54) is 0 Å². The zero-order chi connectivity index (χ0) is 12.6. The van der Waals surface area contributed by atoms with Gasteiger partial charge in [-0.3, -0.25) is 9.11 Å². The van der Waals surface area contributed by atoms with Crippen molar-refractivity contribution in [3.8, 4) is 0 Å². The van der Waals surface area contributed by atoms with Crippen LogP contribution in [0, 0.1) is 0 Å². The van der Waals surface area contributed by atoms with E-state index in [1.54, 1.807) is 0 Å². The highest BCUT2D eigenvalue weighted by Crippen LogP contribution is 2.20. The molecule has 16 heavy (non-hydrogen) atoms. The molecular formula is C7H8O7S2. The van der Waals surface area contributed by atoms with Crippen LogP contribution < -0.4 is 0 Å². The molecule has 0 heterocycles. The summed E-state index contributed by atoms with van der Waals surface area (Å²) in [5, 5.41) is 8.79. The molecule has 0 fully saturated rings. The number of aliphatic hydroxyl groups is 1. The van der Waals surface area contributed by atoms with E-state index < -0.39 is 36.6 Å². The highest BCUT2D eigenvalue weighted by atomic mass is 32.2. The Kier molecular flexibility index (Phi) is 3.35. The smallest absolute Gasteiger partial charge is 0.294 e. The van der Waals surface area contributed by atoms with Gasteiger partial charge in [0.1, 0.15) is 4.90 Å². The second kappa shape index (κ2) is 4.11. The molecule has 0 saturated carbocycles. The average Bonchev–Trinajstić information content (AvgIpc) is 2.14. The third-order valence-corrected chi connectivity index (χ3v) is 3.57. The first-order chi connectivity index (χ1) is 7.16. The molecule has 0 bridgehead atoms. The summed E-state index contributed by atoms with van der Waals surface area (Å²) < 4.78 is 60.6. The highest BCUT2D eigenvalue weighted by molar-refractivity contribution is 7.86. The summed E-state index contributed by atoms with van der Waals surface area (Å²) >= 11 is 0. The first-order valence-corrected chi connectivity index (χ1v) is 6.73. The molecule has 0 amide bonds. The summed E-state index contributed by atoms with van der Waals surface area (Å²) in [6.45, 7) is -0.694. The standard InChI is InChI=1S/C7H8O7S2/c8-4-5-1-2-6(15(9,10)11)3-7(5)16(12,13)14/h1-3,8H,4H2,(H,9,10,11)(H,12,13,14). The number of hydrogen-bond acceptors (Lipinski definition) is 5. The zero-order valence-electron chi connectivity index (χ0n) is 7.73. The van der Waals surface area contributed by atoms with Gasteiger partial charge in [-0.1, -0.05) is 6.07 Å². The van der Waals surface area contributed by atoms with Crippen molar-refractivity contribution < 1.29 is 31.0 Å². The molecule has 1 aromatic rings. The van der Waals surface area contributed by atoms with Gasteiger partial charge in [0.2, 0.25) is 0 Å². The van der Waals surface area contributed by atoms with Crippen LogP contribution in [-0.2, 0) is 26.8 Å². The van der Waals surface area contributed by atoms with E-state index in [4.69, 9.17) is 14.2 Å². The Morgan fingerprint density at radius 3 is 1.94 bits per heavy atom. The number of hydrogen-bond donors (Lipinski definition) is 3. The summed E-state index contributed by atoms with van der Waals surface area (Å²) in [4.78, 5) is -1.44. The Labute approximate surface area is 91.8 Å². The van der Waals surface area contributed by atoms with Crippen molar-refractivity contribution in [3.05, 3.63) is 23.8 Å². The van der Waals surface area contributed by atoms with Gasteiger partial charge in [0.05, 0.1) is 11.5 Å². The molecule has 0 aliphatic carbocycles. The fraction of sp³-hybridized carbons (Fsp3) is 0.143. The van der Waals surface area contributed by atoms with Crippen LogP contribution in [0.1, 0.15) is 5.56 Å². The van der Waals surface area contributed by atoms with E-state index in [1.807, 2.05) is 0 Å². The van der Waals surface area contributed by atoms with Crippen LogP contribution in [0.4, 0.5) is 0 Å². The lowest BCUT2D eigenvalue weighted by molar-refractivity contribution is 0.277. The molecule has 9 heteroatoms. The van der Waals surface area contributed by atoms with Crippen LogP contribution in [0.15, 0.2) is 28.0 Å². The summed E-state index contributed by atoms with van der Waals surface area (Å²) in [6.07, 6.45) is 0. The van der Waals surface area contributed by atoms with Crippen LogP contribution in [0.25, 0.3) is 0 Å². The molecule has 0 atom stereocenters. The fourth-order valence-corrected chi connectivity index (χ4v) is 2.39. The second-order valence-corrected chi connectivity index (χ2v) is 5.69. The summed E-state index contributed by atoms with van der Waals surface area (Å²) in [6, 6.07) is 2.46. The monoisotopic (exact) mass is 268 g/mol. The minimum Gasteiger partial charge on any atom is -0.392 e. The maximum absolute atomic E-state index is 10.9. The fourth-order valence-electron chi connectivity index (χ4n) is 1.07. The Balaban J connectivity index is 3.58. The van der Waals surface area contributed by atoms with Crippen LogP contribution in [0.5, 0.6) is 0 Å². The van der Waals surface area contributed by atoms with Crippen molar-refractivity contribution in [2.75, 3.05) is 0 Å². The zero-order valence-corrected chi connectivity index (χ0v) is 9.36. The van der Waals surface area contributed by atoms with E-state index in [0.29, 0.717) is 6.07 Å². The lowest BCUT2D eigenvalue weighted by atomic mass is 10.2. The Bertz CT molecular complexity index is 600. The van der Waals surface area contributed by atoms with Gasteiger partial charge in [0.15, 0.2) is 0 Å². The molecule has 0 radical (unpaired) electrons. The molecule has 7 nitrogen and oxygen atoms in total. The molecule has 90 valence electrons. The SMILES string of the molecule is O=S(=O)(O)c1ccc(CO)c(S(=O)(=O)O)c1. The van der Waals surface area contributed by atoms with Crippen molar-refractivity contribution in [2.24, 2.45) is 0 Å². The molecule has 0 unspecified atom stereocenters. The third-order valence-electron chi connectivity index (χ3n) is 1.78. The van der Waals surface area contributed by atoms with E-state index in [9.17, 15) is 16.8 Å². The molecule has 0 saturated heterocycles. The molecular weight excluding hydrogens is 260 g/mol. The minimum absolute atomic E-state index is 0.171. The van der Waals surface area contributed by atoms with Crippen molar-refractivity contribution in [3.63, 3.8) is 0 Å². The van der Waals surface area contributed by atoms with E-state index in [0.717, 1.165) is 12.1 Å². The number of aliphatic hydroxyl groups excluding tert-OH is 1. The Morgan fingerprint density at radius 2 is 1.56 bits per heavy atom. The topological polar surface area (TPSA) is 129 Å². The Morgan fingerprint density at radius 1 is 1.00 bits per heavy atom. The van der Waals surface area contributed by atoms with Crippen LogP contribution in [0.3, 0.4) is 0 Å². The van der Waals surface area contributed by atoms with E-state index >= 15 is 0 Å². The normalized spacial score (nSPS) is 12.7. The minimum atomic E-state index is -4.66. The first kappa shape index (κ1) is 13.1. The molecule has 0 spiro atoms. The average molecular weight is 268 g/mol. The molecule has 0 aliphatic rings. The van der Waals surface area contributed by atoms with Gasteiger partial charge in [-0.25, -0.2) is 0 Å². The van der Waals surface area contributed by atoms with Crippen molar-refractivity contribution in [2.45, 2.75) is 16.4 Å². The van der Waals surface area contributed by atoms with Gasteiger partial charge in [0, 0.05) is 0 Å². The maximum atomic E-state index is 10.9. The van der Waals surface area contributed by atoms with Crippen LogP contribution in [-0.4, -0.2) is 31.0 Å². The van der Waals surface area contributed by atoms with E-state index in [-0.39, 0.29) is 5.56 Å². The van der Waals surface area contributed by atoms with Crippen molar-refractivity contribution >= 4 is 20.2 Å². The van der Waals surface area contributed by atoms with Crippen LogP contribution in [0.2, 0.25) is 0 Å². The molecule has 3 N–H and O–H groups in total. The molecule has 1 rings (SSSR count). The quantitative estimate of drug-likeness (QED) is 0.640. The highest BCUT2D eigenvalue weighted by Gasteiger charge is 2.19. The molecule has 1 aromatic carbocycles. The largest absolute Gasteiger partial charge is 0.392 e. The van der Waals surface area contributed by atoms with Crippen molar-refractivity contribution in [1.82, 2.24) is 0 Å².